The van der Waals surface area contributed by atoms with E-state index in [-0.39, 0.29) is 29.4 Å². The van der Waals surface area contributed by atoms with Gasteiger partial charge in [-0.05, 0) is 54.6 Å². The van der Waals surface area contributed by atoms with Crippen molar-refractivity contribution in [3.63, 3.8) is 0 Å². The van der Waals surface area contributed by atoms with Gasteiger partial charge in [-0.1, -0.05) is 0 Å². The van der Waals surface area contributed by atoms with E-state index >= 15 is 0 Å². The van der Waals surface area contributed by atoms with E-state index in [9.17, 15) is 23.6 Å². The summed E-state index contributed by atoms with van der Waals surface area (Å²) in [4.78, 5) is 48.3. The van der Waals surface area contributed by atoms with E-state index in [0.717, 1.165) is 0 Å². The number of aromatic nitrogens is 1. The van der Waals surface area contributed by atoms with Crippen molar-refractivity contribution in [2.45, 2.75) is 0 Å². The minimum Gasteiger partial charge on any atom is -0.493 e. The van der Waals surface area contributed by atoms with Crippen molar-refractivity contribution >= 4 is 29.4 Å². The van der Waals surface area contributed by atoms with E-state index in [1.807, 2.05) is 0 Å². The van der Waals surface area contributed by atoms with E-state index in [4.69, 9.17) is 14.2 Å². The second-order valence-corrected chi connectivity index (χ2v) is 7.17. The zero-order valence-corrected chi connectivity index (χ0v) is 18.9. The first-order valence-electron chi connectivity index (χ1n) is 10.3. The van der Waals surface area contributed by atoms with E-state index in [2.05, 4.69) is 10.6 Å². The van der Waals surface area contributed by atoms with Crippen LogP contribution in [-0.2, 0) is 21.4 Å². The van der Waals surface area contributed by atoms with Crippen molar-refractivity contribution in [2.75, 3.05) is 25.6 Å². The first-order chi connectivity index (χ1) is 16.8. The van der Waals surface area contributed by atoms with Gasteiger partial charge in [-0.3, -0.25) is 19.7 Å². The Morgan fingerprint density at radius 2 is 1.69 bits per heavy atom. The lowest BCUT2D eigenvalue weighted by atomic mass is 10.2. The number of imide groups is 1. The number of benzene rings is 2. The van der Waals surface area contributed by atoms with Gasteiger partial charge in [0.2, 0.25) is 0 Å². The van der Waals surface area contributed by atoms with Crippen LogP contribution in [0.3, 0.4) is 0 Å². The Bertz CT molecular complexity index is 1240. The number of esters is 1. The maximum atomic E-state index is 13.0. The lowest BCUT2D eigenvalue weighted by Gasteiger charge is -2.12. The van der Waals surface area contributed by atoms with Gasteiger partial charge in [0.25, 0.3) is 17.7 Å². The topological polar surface area (TPSA) is 125 Å². The van der Waals surface area contributed by atoms with Gasteiger partial charge in [0.1, 0.15) is 11.5 Å². The quantitative estimate of drug-likeness (QED) is 0.448. The van der Waals surface area contributed by atoms with E-state index in [1.54, 1.807) is 19.3 Å². The number of carbonyl (C=O) groups is 4. The number of aryl methyl sites for hydroxylation is 1. The molecule has 1 heterocycles. The van der Waals surface area contributed by atoms with Gasteiger partial charge >= 0.3 is 5.97 Å². The fraction of sp³-hybridized carbons (Fsp3) is 0.167. The highest BCUT2D eigenvalue weighted by Crippen LogP contribution is 2.28. The Labute approximate surface area is 199 Å². The van der Waals surface area contributed by atoms with Crippen LogP contribution in [0.4, 0.5) is 10.1 Å². The molecule has 0 fully saturated rings. The van der Waals surface area contributed by atoms with Crippen molar-refractivity contribution in [3.8, 4) is 11.5 Å². The third-order valence-electron chi connectivity index (χ3n) is 4.65. The van der Waals surface area contributed by atoms with Crippen LogP contribution in [0.15, 0.2) is 60.8 Å². The number of halogens is 1. The minimum absolute atomic E-state index is 0.0616. The molecule has 0 bridgehead atoms. The number of nitrogens with one attached hydrogen (secondary N) is 2. The second kappa shape index (κ2) is 11.5. The molecule has 0 saturated carbocycles. The number of ether oxygens (including phenoxy) is 3. The summed E-state index contributed by atoms with van der Waals surface area (Å²) in [5.74, 6) is -2.82. The smallest absolute Gasteiger partial charge is 0.338 e. The van der Waals surface area contributed by atoms with Crippen LogP contribution in [0.2, 0.25) is 0 Å². The number of methoxy groups -OCH3 is 1. The van der Waals surface area contributed by atoms with Gasteiger partial charge in [-0.15, -0.1) is 0 Å². The van der Waals surface area contributed by atoms with Crippen LogP contribution in [0, 0.1) is 5.82 Å². The average molecular weight is 483 g/mol. The molecule has 0 aliphatic carbocycles. The molecule has 35 heavy (non-hydrogen) atoms. The molecule has 0 aliphatic rings. The molecule has 0 saturated heterocycles. The summed E-state index contributed by atoms with van der Waals surface area (Å²) in [6.45, 7) is -1.04. The molecule has 0 aliphatic heterocycles. The molecule has 0 spiro atoms. The SMILES string of the molecule is COc1cc(C(=O)OCC(=O)NC(=O)c2cccn2C)ccc1OCC(=O)Nc1ccc(F)cc1. The molecule has 3 rings (SSSR count). The Hall–Kier alpha value is -4.67. The summed E-state index contributed by atoms with van der Waals surface area (Å²) in [6, 6.07) is 12.5. The van der Waals surface area contributed by atoms with Crippen molar-refractivity contribution in [2.24, 2.45) is 7.05 Å². The Morgan fingerprint density at radius 3 is 2.34 bits per heavy atom. The second-order valence-electron chi connectivity index (χ2n) is 7.17. The lowest BCUT2D eigenvalue weighted by molar-refractivity contribution is -0.123. The summed E-state index contributed by atoms with van der Waals surface area (Å²) >= 11 is 0. The van der Waals surface area contributed by atoms with E-state index in [0.29, 0.717) is 5.69 Å². The molecule has 11 heteroatoms. The monoisotopic (exact) mass is 483 g/mol. The molecule has 3 amide bonds. The predicted octanol–water partition coefficient (Wildman–Crippen LogP) is 2.30. The molecule has 2 aromatic carbocycles. The zero-order valence-electron chi connectivity index (χ0n) is 18.9. The number of hydrogen-bond acceptors (Lipinski definition) is 7. The number of rotatable bonds is 9. The molecule has 0 atom stereocenters. The molecular weight excluding hydrogens is 461 g/mol. The van der Waals surface area contributed by atoms with E-state index < -0.39 is 36.1 Å². The number of carbonyl (C=O) groups excluding carboxylic acids is 4. The molecule has 10 nitrogen and oxygen atoms in total. The average Bonchev–Trinajstić information content (AvgIpc) is 3.28. The third-order valence-corrected chi connectivity index (χ3v) is 4.65. The molecule has 2 N–H and O–H groups in total. The van der Waals surface area contributed by atoms with Crippen molar-refractivity contribution in [3.05, 3.63) is 77.9 Å². The summed E-state index contributed by atoms with van der Waals surface area (Å²) in [6.07, 6.45) is 1.65. The van der Waals surface area contributed by atoms with Gasteiger partial charge in [0.15, 0.2) is 24.7 Å². The fourth-order valence-corrected chi connectivity index (χ4v) is 2.93. The number of anilines is 1. The van der Waals surface area contributed by atoms with E-state index in [1.165, 1.54) is 60.2 Å². The zero-order chi connectivity index (χ0) is 25.4. The molecular formula is C24H22FN3O7. The van der Waals surface area contributed by atoms with Crippen LogP contribution in [0.25, 0.3) is 0 Å². The highest BCUT2D eigenvalue weighted by atomic mass is 19.1. The van der Waals surface area contributed by atoms with Gasteiger partial charge in [0.05, 0.1) is 12.7 Å². The van der Waals surface area contributed by atoms with Gasteiger partial charge in [0, 0.05) is 18.9 Å². The minimum atomic E-state index is -0.828. The Balaban J connectivity index is 1.51. The normalized spacial score (nSPS) is 10.3. The largest absolute Gasteiger partial charge is 0.493 e. The van der Waals surface area contributed by atoms with Crippen LogP contribution in [0.1, 0.15) is 20.8 Å². The maximum Gasteiger partial charge on any atom is 0.338 e. The maximum absolute atomic E-state index is 13.0. The van der Waals surface area contributed by atoms with Crippen LogP contribution < -0.4 is 20.1 Å². The van der Waals surface area contributed by atoms with Crippen LogP contribution in [0.5, 0.6) is 11.5 Å². The van der Waals surface area contributed by atoms with Crippen molar-refractivity contribution < 1.29 is 37.8 Å². The third kappa shape index (κ3) is 6.90. The summed E-state index contributed by atoms with van der Waals surface area (Å²) in [7, 11) is 3.00. The number of nitrogens with zero attached hydrogens (tertiary/aromatic N) is 1. The first kappa shape index (κ1) is 25.0. The molecule has 0 unspecified atom stereocenters. The molecule has 0 radical (unpaired) electrons. The van der Waals surface area contributed by atoms with Gasteiger partial charge < -0.3 is 24.1 Å². The first-order valence-corrected chi connectivity index (χ1v) is 10.3. The Morgan fingerprint density at radius 1 is 0.943 bits per heavy atom. The van der Waals surface area contributed by atoms with Crippen molar-refractivity contribution in [1.82, 2.24) is 9.88 Å². The number of hydrogen-bond donors (Lipinski definition) is 2. The number of amides is 3. The van der Waals surface area contributed by atoms with Crippen molar-refractivity contribution in [1.29, 1.82) is 0 Å². The molecule has 182 valence electrons. The highest BCUT2D eigenvalue weighted by Gasteiger charge is 2.17. The highest BCUT2D eigenvalue weighted by molar-refractivity contribution is 6.04. The molecule has 3 aromatic rings. The summed E-state index contributed by atoms with van der Waals surface area (Å²) in [5, 5.41) is 4.68. The van der Waals surface area contributed by atoms with Gasteiger partial charge in [-0.25, -0.2) is 9.18 Å². The van der Waals surface area contributed by atoms with Gasteiger partial charge in [-0.2, -0.15) is 0 Å². The fourth-order valence-electron chi connectivity index (χ4n) is 2.93. The van der Waals surface area contributed by atoms with Crippen LogP contribution >= 0.6 is 0 Å². The Kier molecular flexibility index (Phi) is 8.17. The molecule has 1 aromatic heterocycles. The summed E-state index contributed by atoms with van der Waals surface area (Å²) < 4.78 is 30.1. The predicted molar refractivity (Wildman–Crippen MR) is 122 cm³/mol. The summed E-state index contributed by atoms with van der Waals surface area (Å²) in [5.41, 5.74) is 0.738. The standard InChI is InChI=1S/C24H22FN3O7/c1-28-11-3-4-18(28)23(31)27-22(30)14-35-24(32)15-5-10-19(20(12-15)33-2)34-13-21(29)26-17-8-6-16(25)7-9-17/h3-12H,13-14H2,1-2H3,(H,26,29)(H,27,30,31). The lowest BCUT2D eigenvalue weighted by Crippen LogP contribution is -2.35. The van der Waals surface area contributed by atoms with Crippen LogP contribution in [-0.4, -0.2) is 48.6 Å².